The second-order valence-corrected chi connectivity index (χ2v) is 11.6. The van der Waals surface area contributed by atoms with Crippen LogP contribution in [0.15, 0.2) is 66.2 Å². The van der Waals surface area contributed by atoms with Crippen LogP contribution in [-0.4, -0.2) is 75.2 Å². The zero-order valence-corrected chi connectivity index (χ0v) is 21.6. The van der Waals surface area contributed by atoms with Crippen molar-refractivity contribution >= 4 is 21.6 Å². The summed E-state index contributed by atoms with van der Waals surface area (Å²) in [4.78, 5) is 22.8. The molecule has 11 heteroatoms. The monoisotopic (exact) mass is 518 g/mol. The molecule has 6 rings (SSSR count). The van der Waals surface area contributed by atoms with Crippen molar-refractivity contribution in [1.82, 2.24) is 33.5 Å². The smallest absolute Gasteiger partial charge is 0.244 e. The number of nitrogens with zero attached hydrogens (tertiary/aromatic N) is 8. The van der Waals surface area contributed by atoms with E-state index in [9.17, 15) is 8.42 Å². The molecule has 1 aliphatic heterocycles. The van der Waals surface area contributed by atoms with Gasteiger partial charge in [0.15, 0.2) is 0 Å². The average molecular weight is 519 g/mol. The van der Waals surface area contributed by atoms with Crippen LogP contribution in [0.5, 0.6) is 0 Å². The Bertz CT molecular complexity index is 1500. The third-order valence-electron chi connectivity index (χ3n) is 7.31. The number of hydrogen-bond acceptors (Lipinski definition) is 8. The maximum atomic E-state index is 13.0. The molecule has 192 valence electrons. The average Bonchev–Trinajstić information content (AvgIpc) is 3.36. The minimum absolute atomic E-state index is 0.225. The third kappa shape index (κ3) is 4.58. The summed E-state index contributed by atoms with van der Waals surface area (Å²) in [6.07, 6.45) is 12.0. The Morgan fingerprint density at radius 3 is 2.68 bits per heavy atom. The van der Waals surface area contributed by atoms with Gasteiger partial charge in [-0.2, -0.15) is 4.31 Å². The van der Waals surface area contributed by atoms with Crippen LogP contribution in [0.2, 0.25) is 0 Å². The molecule has 0 N–H and O–H groups in total. The standard InChI is InChI=1S/C26H30N8O2S/c1-31(23-8-2-5-20-6-3-11-28-25(20)23)18-21-19-34-24(30-21)9-12-29-26(34)32-13-15-33(16-14-32)37(35,36)22-7-4-10-27-17-22/h3-4,6-7,9-12,17,19,23H,2,5,8,13-16,18H2,1H3/t23-/m0/s1. The fraction of sp³-hybridized carbons (Fsp3) is 0.385. The first-order valence-corrected chi connectivity index (χ1v) is 14.1. The first kappa shape index (κ1) is 24.0. The molecule has 1 saturated heterocycles. The highest BCUT2D eigenvalue weighted by molar-refractivity contribution is 7.89. The number of fused-ring (bicyclic) bond motifs is 2. The number of sulfonamides is 1. The molecule has 1 aliphatic carbocycles. The molecule has 1 fully saturated rings. The fourth-order valence-electron chi connectivity index (χ4n) is 5.42. The fourth-order valence-corrected chi connectivity index (χ4v) is 6.81. The molecule has 1 atom stereocenters. The van der Waals surface area contributed by atoms with Gasteiger partial charge < -0.3 is 4.90 Å². The molecule has 0 radical (unpaired) electrons. The first-order chi connectivity index (χ1) is 18.0. The van der Waals surface area contributed by atoms with Crippen molar-refractivity contribution in [1.29, 1.82) is 0 Å². The molecular formula is C26H30N8O2S. The maximum Gasteiger partial charge on any atom is 0.244 e. The van der Waals surface area contributed by atoms with Crippen molar-refractivity contribution in [3.63, 3.8) is 0 Å². The Balaban J connectivity index is 1.18. The molecule has 5 heterocycles. The summed E-state index contributed by atoms with van der Waals surface area (Å²) in [5, 5.41) is 0. The third-order valence-corrected chi connectivity index (χ3v) is 9.20. The van der Waals surface area contributed by atoms with Crippen LogP contribution in [0, 0.1) is 0 Å². The van der Waals surface area contributed by atoms with Crippen LogP contribution in [0.3, 0.4) is 0 Å². The van der Waals surface area contributed by atoms with E-state index in [0.717, 1.165) is 36.6 Å². The van der Waals surface area contributed by atoms with Crippen LogP contribution in [0.4, 0.5) is 5.95 Å². The van der Waals surface area contributed by atoms with Gasteiger partial charge in [0.25, 0.3) is 0 Å². The molecule has 0 saturated carbocycles. The predicted molar refractivity (Wildman–Crippen MR) is 140 cm³/mol. The van der Waals surface area contributed by atoms with E-state index in [0.29, 0.717) is 32.7 Å². The molecule has 4 aromatic rings. The number of piperazine rings is 1. The minimum atomic E-state index is -3.56. The Kier molecular flexibility index (Phi) is 6.35. The summed E-state index contributed by atoms with van der Waals surface area (Å²) >= 11 is 0. The lowest BCUT2D eigenvalue weighted by molar-refractivity contribution is 0.206. The second kappa shape index (κ2) is 9.81. The van der Waals surface area contributed by atoms with E-state index >= 15 is 0 Å². The molecule has 0 unspecified atom stereocenters. The van der Waals surface area contributed by atoms with Crippen LogP contribution in [0.1, 0.15) is 35.8 Å². The van der Waals surface area contributed by atoms with E-state index in [4.69, 9.17) is 4.98 Å². The summed E-state index contributed by atoms with van der Waals surface area (Å²) in [7, 11) is -1.42. The quantitative estimate of drug-likeness (QED) is 0.384. The molecule has 0 bridgehead atoms. The van der Waals surface area contributed by atoms with Crippen molar-refractivity contribution in [3.8, 4) is 0 Å². The van der Waals surface area contributed by atoms with E-state index in [-0.39, 0.29) is 10.9 Å². The molecule has 0 spiro atoms. The minimum Gasteiger partial charge on any atom is -0.339 e. The van der Waals surface area contributed by atoms with Gasteiger partial charge >= 0.3 is 0 Å². The zero-order valence-electron chi connectivity index (χ0n) is 20.8. The topological polar surface area (TPSA) is 99.8 Å². The Morgan fingerprint density at radius 2 is 1.86 bits per heavy atom. The van der Waals surface area contributed by atoms with Gasteiger partial charge in [0, 0.05) is 63.7 Å². The van der Waals surface area contributed by atoms with Gasteiger partial charge in [0.2, 0.25) is 16.0 Å². The van der Waals surface area contributed by atoms with Gasteiger partial charge in [0.1, 0.15) is 10.5 Å². The highest BCUT2D eigenvalue weighted by Crippen LogP contribution is 2.32. The van der Waals surface area contributed by atoms with Gasteiger partial charge in [-0.25, -0.2) is 18.4 Å². The molecule has 10 nitrogen and oxygen atoms in total. The summed E-state index contributed by atoms with van der Waals surface area (Å²) in [5.41, 5.74) is 4.33. The number of hydrogen-bond donors (Lipinski definition) is 0. The number of imidazole rings is 1. The van der Waals surface area contributed by atoms with E-state index in [1.165, 1.54) is 21.8 Å². The van der Waals surface area contributed by atoms with E-state index < -0.39 is 10.0 Å². The Labute approximate surface area is 216 Å². The van der Waals surface area contributed by atoms with Crippen LogP contribution in [-0.2, 0) is 23.0 Å². The summed E-state index contributed by atoms with van der Waals surface area (Å²) in [5.74, 6) is 0.780. The van der Waals surface area contributed by atoms with Crippen molar-refractivity contribution in [2.75, 3.05) is 38.1 Å². The molecule has 4 aromatic heterocycles. The number of aromatic nitrogens is 5. The van der Waals surface area contributed by atoms with Gasteiger partial charge in [0.05, 0.1) is 17.4 Å². The SMILES string of the molecule is CN(Cc1cn2c(N3CCN(S(=O)(=O)c4cccnc4)CC3)nccc2n1)[C@H]1CCCc2cccnc21. The normalized spacial score (nSPS) is 18.9. The molecule has 37 heavy (non-hydrogen) atoms. The zero-order chi connectivity index (χ0) is 25.4. The Hall–Kier alpha value is -3.41. The van der Waals surface area contributed by atoms with E-state index in [2.05, 4.69) is 44.1 Å². The van der Waals surface area contributed by atoms with E-state index in [1.807, 2.05) is 22.7 Å². The largest absolute Gasteiger partial charge is 0.339 e. The lowest BCUT2D eigenvalue weighted by Crippen LogP contribution is -2.49. The van der Waals surface area contributed by atoms with Crippen molar-refractivity contribution in [3.05, 3.63) is 78.3 Å². The summed E-state index contributed by atoms with van der Waals surface area (Å²) in [6.45, 7) is 2.56. The summed E-state index contributed by atoms with van der Waals surface area (Å²) in [6, 6.07) is 9.63. The molecule has 0 aromatic carbocycles. The summed E-state index contributed by atoms with van der Waals surface area (Å²) < 4.78 is 29.5. The number of anilines is 1. The van der Waals surface area contributed by atoms with Gasteiger partial charge in [-0.15, -0.1) is 0 Å². The lowest BCUT2D eigenvalue weighted by Gasteiger charge is -2.34. The first-order valence-electron chi connectivity index (χ1n) is 12.6. The van der Waals surface area contributed by atoms with Crippen LogP contribution < -0.4 is 4.90 Å². The lowest BCUT2D eigenvalue weighted by atomic mass is 9.91. The van der Waals surface area contributed by atoms with Gasteiger partial charge in [-0.3, -0.25) is 19.3 Å². The highest BCUT2D eigenvalue weighted by atomic mass is 32.2. The van der Waals surface area contributed by atoms with Crippen LogP contribution >= 0.6 is 0 Å². The van der Waals surface area contributed by atoms with Gasteiger partial charge in [-0.05, 0) is 56.1 Å². The molecule has 2 aliphatic rings. The van der Waals surface area contributed by atoms with E-state index in [1.54, 1.807) is 24.5 Å². The number of rotatable bonds is 6. The maximum absolute atomic E-state index is 13.0. The van der Waals surface area contributed by atoms with Gasteiger partial charge in [-0.1, -0.05) is 6.07 Å². The predicted octanol–water partition coefficient (Wildman–Crippen LogP) is 2.54. The van der Waals surface area contributed by atoms with Crippen molar-refractivity contribution < 1.29 is 8.42 Å². The van der Waals surface area contributed by atoms with Crippen LogP contribution in [0.25, 0.3) is 5.65 Å². The number of aryl methyl sites for hydroxylation is 1. The highest BCUT2D eigenvalue weighted by Gasteiger charge is 2.30. The van der Waals surface area contributed by atoms with Crippen molar-refractivity contribution in [2.45, 2.75) is 36.7 Å². The second-order valence-electron chi connectivity index (χ2n) is 9.66. The molecule has 0 amide bonds. The Morgan fingerprint density at radius 1 is 1.03 bits per heavy atom. The number of pyridine rings is 2. The molecular weight excluding hydrogens is 488 g/mol. The van der Waals surface area contributed by atoms with Crippen molar-refractivity contribution in [2.24, 2.45) is 0 Å².